The molecule has 8 heteroatoms. The van der Waals surface area contributed by atoms with Crippen LogP contribution in [0.3, 0.4) is 0 Å². The first-order valence-electron chi connectivity index (χ1n) is 11.2. The number of amides is 1. The van der Waals surface area contributed by atoms with Crippen molar-refractivity contribution in [1.29, 1.82) is 0 Å². The van der Waals surface area contributed by atoms with Gasteiger partial charge in [-0.15, -0.1) is 11.8 Å². The number of hydrogen-bond acceptors (Lipinski definition) is 5. The maximum absolute atomic E-state index is 13.3. The van der Waals surface area contributed by atoms with Gasteiger partial charge in [0.25, 0.3) is 5.56 Å². The molecule has 0 aliphatic rings. The number of H-pyrrole nitrogens is 1. The maximum Gasteiger partial charge on any atom is 0.330 e. The minimum Gasteiger partial charge on any atom is -0.383 e. The molecule has 0 radical (unpaired) electrons. The molecule has 1 heterocycles. The standard InChI is InChI=1S/C25H30N4O3S/c1-2-3-16-28-23(26)22(24(31)27-25(28)32)29(18-19-11-6-4-7-12-19)21(30)15-10-17-33-20-13-8-5-9-14-20/h4-9,11-14H,2-3,10,15-18,26H2,1H3,(H,27,31,32). The van der Waals surface area contributed by atoms with E-state index in [1.165, 1.54) is 9.47 Å². The number of rotatable bonds is 11. The van der Waals surface area contributed by atoms with E-state index < -0.39 is 11.2 Å². The Labute approximate surface area is 197 Å². The summed E-state index contributed by atoms with van der Waals surface area (Å²) in [5.41, 5.74) is 6.00. The monoisotopic (exact) mass is 466 g/mol. The molecular weight excluding hydrogens is 436 g/mol. The number of aromatic nitrogens is 2. The molecule has 0 saturated carbocycles. The van der Waals surface area contributed by atoms with Gasteiger partial charge in [0.2, 0.25) is 5.91 Å². The van der Waals surface area contributed by atoms with Gasteiger partial charge in [-0.2, -0.15) is 0 Å². The van der Waals surface area contributed by atoms with E-state index in [0.29, 0.717) is 13.0 Å². The predicted molar refractivity (Wildman–Crippen MR) is 135 cm³/mol. The van der Waals surface area contributed by atoms with Gasteiger partial charge in [0.1, 0.15) is 5.82 Å². The topological polar surface area (TPSA) is 101 Å². The van der Waals surface area contributed by atoms with Gasteiger partial charge < -0.3 is 10.6 Å². The van der Waals surface area contributed by atoms with E-state index in [2.05, 4.69) is 4.98 Å². The summed E-state index contributed by atoms with van der Waals surface area (Å²) < 4.78 is 1.34. The lowest BCUT2D eigenvalue weighted by molar-refractivity contribution is -0.118. The molecule has 0 spiro atoms. The van der Waals surface area contributed by atoms with Gasteiger partial charge in [0.05, 0.1) is 6.54 Å². The van der Waals surface area contributed by atoms with E-state index in [0.717, 1.165) is 29.1 Å². The fourth-order valence-electron chi connectivity index (χ4n) is 3.50. The number of carbonyl (C=O) groups is 1. The predicted octanol–water partition coefficient (Wildman–Crippen LogP) is 4.02. The Kier molecular flexibility index (Phi) is 8.95. The average Bonchev–Trinajstić information content (AvgIpc) is 2.82. The van der Waals surface area contributed by atoms with E-state index in [4.69, 9.17) is 5.73 Å². The van der Waals surface area contributed by atoms with Crippen LogP contribution in [0.4, 0.5) is 11.5 Å². The van der Waals surface area contributed by atoms with Crippen molar-refractivity contribution in [2.75, 3.05) is 16.4 Å². The summed E-state index contributed by atoms with van der Waals surface area (Å²) in [7, 11) is 0. The third-order valence-electron chi connectivity index (χ3n) is 5.25. The highest BCUT2D eigenvalue weighted by molar-refractivity contribution is 7.99. The van der Waals surface area contributed by atoms with Crippen molar-refractivity contribution < 1.29 is 4.79 Å². The molecule has 0 aliphatic heterocycles. The number of aromatic amines is 1. The highest BCUT2D eigenvalue weighted by Gasteiger charge is 2.24. The molecule has 0 saturated heterocycles. The van der Waals surface area contributed by atoms with Gasteiger partial charge in [-0.05, 0) is 36.3 Å². The van der Waals surface area contributed by atoms with E-state index in [9.17, 15) is 14.4 Å². The van der Waals surface area contributed by atoms with Crippen LogP contribution >= 0.6 is 11.8 Å². The van der Waals surface area contributed by atoms with Crippen molar-refractivity contribution in [2.45, 2.75) is 50.6 Å². The normalized spacial score (nSPS) is 10.8. The van der Waals surface area contributed by atoms with Crippen molar-refractivity contribution in [1.82, 2.24) is 9.55 Å². The Bertz CT molecular complexity index is 1160. The van der Waals surface area contributed by atoms with Crippen LogP contribution in [-0.2, 0) is 17.9 Å². The van der Waals surface area contributed by atoms with Gasteiger partial charge in [-0.25, -0.2) is 4.79 Å². The summed E-state index contributed by atoms with van der Waals surface area (Å²) in [6.45, 7) is 2.59. The van der Waals surface area contributed by atoms with Crippen LogP contribution in [0.5, 0.6) is 0 Å². The number of thioether (sulfide) groups is 1. The number of carbonyl (C=O) groups excluding carboxylic acids is 1. The zero-order valence-electron chi connectivity index (χ0n) is 18.8. The molecule has 3 N–H and O–H groups in total. The second-order valence-electron chi connectivity index (χ2n) is 7.73. The van der Waals surface area contributed by atoms with Crippen molar-refractivity contribution in [3.8, 4) is 0 Å². The molecule has 0 bridgehead atoms. The van der Waals surface area contributed by atoms with Gasteiger partial charge in [-0.1, -0.05) is 61.9 Å². The average molecular weight is 467 g/mol. The van der Waals surface area contributed by atoms with E-state index >= 15 is 0 Å². The number of nitrogens with zero attached hydrogens (tertiary/aromatic N) is 2. The Morgan fingerprint density at radius 2 is 1.70 bits per heavy atom. The molecule has 7 nitrogen and oxygen atoms in total. The SMILES string of the molecule is CCCCn1c(N)c(N(Cc2ccccc2)C(=O)CCCSc2ccccc2)c(=O)[nH]c1=O. The third kappa shape index (κ3) is 6.61. The van der Waals surface area contributed by atoms with E-state index in [1.807, 2.05) is 67.6 Å². The fraction of sp³-hybridized carbons (Fsp3) is 0.320. The zero-order valence-corrected chi connectivity index (χ0v) is 19.6. The van der Waals surface area contributed by atoms with Crippen LogP contribution in [0.2, 0.25) is 0 Å². The lowest BCUT2D eigenvalue weighted by Crippen LogP contribution is -2.41. The number of nitrogens with one attached hydrogen (secondary N) is 1. The second kappa shape index (κ2) is 12.1. The highest BCUT2D eigenvalue weighted by Crippen LogP contribution is 2.23. The maximum atomic E-state index is 13.3. The van der Waals surface area contributed by atoms with Crippen LogP contribution in [0, 0.1) is 0 Å². The van der Waals surface area contributed by atoms with Crippen LogP contribution < -0.4 is 21.9 Å². The van der Waals surface area contributed by atoms with Gasteiger partial charge >= 0.3 is 5.69 Å². The molecule has 2 aromatic carbocycles. The molecule has 3 rings (SSSR count). The first-order valence-corrected chi connectivity index (χ1v) is 12.1. The Morgan fingerprint density at radius 3 is 2.36 bits per heavy atom. The molecule has 1 amide bonds. The third-order valence-corrected chi connectivity index (χ3v) is 6.35. The number of hydrogen-bond donors (Lipinski definition) is 2. The summed E-state index contributed by atoms with van der Waals surface area (Å²) >= 11 is 1.68. The van der Waals surface area contributed by atoms with Crippen molar-refractivity contribution in [3.05, 3.63) is 87.1 Å². The summed E-state index contributed by atoms with van der Waals surface area (Å²) in [4.78, 5) is 43.3. The second-order valence-corrected chi connectivity index (χ2v) is 8.90. The lowest BCUT2D eigenvalue weighted by Gasteiger charge is -2.25. The van der Waals surface area contributed by atoms with Crippen LogP contribution in [0.15, 0.2) is 75.1 Å². The zero-order chi connectivity index (χ0) is 23.6. The Balaban J connectivity index is 1.84. The Morgan fingerprint density at radius 1 is 1.03 bits per heavy atom. The molecule has 3 aromatic rings. The molecule has 33 heavy (non-hydrogen) atoms. The molecule has 1 aromatic heterocycles. The first kappa shape index (κ1) is 24.4. The molecule has 0 fully saturated rings. The van der Waals surface area contributed by atoms with Gasteiger partial charge in [0, 0.05) is 17.9 Å². The van der Waals surface area contributed by atoms with Gasteiger partial charge in [-0.3, -0.25) is 19.1 Å². The van der Waals surface area contributed by atoms with Crippen molar-refractivity contribution >= 4 is 29.2 Å². The number of nitrogens with two attached hydrogens (primary N) is 1. The van der Waals surface area contributed by atoms with E-state index in [-0.39, 0.29) is 30.4 Å². The smallest absolute Gasteiger partial charge is 0.330 e. The lowest BCUT2D eigenvalue weighted by atomic mass is 10.2. The van der Waals surface area contributed by atoms with Crippen molar-refractivity contribution in [3.63, 3.8) is 0 Å². The van der Waals surface area contributed by atoms with Crippen molar-refractivity contribution in [2.24, 2.45) is 0 Å². The molecule has 0 aliphatic carbocycles. The molecule has 0 unspecified atom stereocenters. The summed E-state index contributed by atoms with van der Waals surface area (Å²) in [6.07, 6.45) is 2.52. The van der Waals surface area contributed by atoms with Gasteiger partial charge in [0.15, 0.2) is 5.69 Å². The summed E-state index contributed by atoms with van der Waals surface area (Å²) in [6, 6.07) is 19.4. The fourth-order valence-corrected chi connectivity index (χ4v) is 4.37. The number of nitrogen functional groups attached to an aromatic ring is 1. The van der Waals surface area contributed by atoms with Crippen LogP contribution in [-0.4, -0.2) is 21.2 Å². The number of anilines is 2. The molecule has 0 atom stereocenters. The van der Waals surface area contributed by atoms with Crippen LogP contribution in [0.1, 0.15) is 38.2 Å². The minimum absolute atomic E-state index is 0.0279. The quantitative estimate of drug-likeness (QED) is 0.328. The first-order chi connectivity index (χ1) is 16.0. The molecular formula is C25H30N4O3S. The summed E-state index contributed by atoms with van der Waals surface area (Å²) in [5, 5.41) is 0. The summed E-state index contributed by atoms with van der Waals surface area (Å²) in [5.74, 6) is 0.599. The number of benzene rings is 2. The number of unbranched alkanes of at least 4 members (excludes halogenated alkanes) is 1. The highest BCUT2D eigenvalue weighted by atomic mass is 32.2. The van der Waals surface area contributed by atoms with E-state index in [1.54, 1.807) is 11.8 Å². The minimum atomic E-state index is -0.645. The Hall–Kier alpha value is -3.26. The largest absolute Gasteiger partial charge is 0.383 e. The molecule has 174 valence electrons. The van der Waals surface area contributed by atoms with Crippen LogP contribution in [0.25, 0.3) is 0 Å².